The summed E-state index contributed by atoms with van der Waals surface area (Å²) in [4.78, 5) is 40.6. The van der Waals surface area contributed by atoms with Gasteiger partial charge in [-0.15, -0.1) is 0 Å². The van der Waals surface area contributed by atoms with Gasteiger partial charge in [-0.3, -0.25) is 14.4 Å². The van der Waals surface area contributed by atoms with Crippen LogP contribution in [0.3, 0.4) is 0 Å². The van der Waals surface area contributed by atoms with Crippen LogP contribution in [-0.2, 0) is 34.2 Å². The third-order valence-corrected chi connectivity index (χ3v) is 13.6. The van der Waals surface area contributed by atoms with Crippen LogP contribution in [0.5, 0.6) is 0 Å². The zero-order valence-electron chi connectivity index (χ0n) is 27.9. The van der Waals surface area contributed by atoms with Crippen molar-refractivity contribution < 1.29 is 43.2 Å². The van der Waals surface area contributed by atoms with Gasteiger partial charge in [0.25, 0.3) is 0 Å². The molecule has 4 aliphatic carbocycles. The maximum absolute atomic E-state index is 13.9. The molecule has 13 atom stereocenters. The number of furan rings is 1. The van der Waals surface area contributed by atoms with Crippen LogP contribution in [0, 0.1) is 45.3 Å². The lowest BCUT2D eigenvalue weighted by molar-refractivity contribution is -0.267. The van der Waals surface area contributed by atoms with E-state index in [4.69, 9.17) is 18.6 Å². The molecule has 0 unspecified atom stereocenters. The van der Waals surface area contributed by atoms with Gasteiger partial charge in [-0.1, -0.05) is 55.4 Å². The van der Waals surface area contributed by atoms with Crippen molar-refractivity contribution in [3.63, 3.8) is 0 Å². The van der Waals surface area contributed by atoms with Crippen LogP contribution in [0.4, 0.5) is 0 Å². The summed E-state index contributed by atoms with van der Waals surface area (Å²) in [5.74, 6) is -2.22. The largest absolute Gasteiger partial charge is 0.472 e. The number of aliphatic hydroxyl groups excluding tert-OH is 1. The Balaban J connectivity index is 1.50. The fraction of sp³-hybridized carbons (Fsp3) is 0.750. The molecule has 9 nitrogen and oxygen atoms in total. The van der Waals surface area contributed by atoms with Gasteiger partial charge in [0.05, 0.1) is 43.2 Å². The summed E-state index contributed by atoms with van der Waals surface area (Å²) in [6, 6.07) is 1.63. The van der Waals surface area contributed by atoms with Crippen molar-refractivity contribution in [2.24, 2.45) is 45.3 Å². The van der Waals surface area contributed by atoms with E-state index in [0.717, 1.165) is 5.57 Å². The molecule has 0 amide bonds. The van der Waals surface area contributed by atoms with Gasteiger partial charge < -0.3 is 28.8 Å². The molecule has 9 heteroatoms. The molecule has 45 heavy (non-hydrogen) atoms. The van der Waals surface area contributed by atoms with Crippen LogP contribution in [0.1, 0.15) is 93.1 Å². The number of ether oxygens (including phenoxy) is 3. The van der Waals surface area contributed by atoms with Crippen LogP contribution in [0.15, 0.2) is 34.7 Å². The lowest BCUT2D eigenvalue weighted by atomic mass is 9.36. The predicted molar refractivity (Wildman–Crippen MR) is 163 cm³/mol. The topological polar surface area (TPSA) is 132 Å². The van der Waals surface area contributed by atoms with Crippen molar-refractivity contribution in [2.75, 3.05) is 6.61 Å². The fourth-order valence-corrected chi connectivity index (χ4v) is 10.5. The van der Waals surface area contributed by atoms with Gasteiger partial charge in [-0.25, -0.2) is 0 Å². The molecular formula is C36H50O9. The van der Waals surface area contributed by atoms with Crippen LogP contribution < -0.4 is 0 Å². The normalized spacial score (nSPS) is 46.4. The number of carbonyl (C=O) groups is 3. The highest BCUT2D eigenvalue weighted by atomic mass is 16.6. The van der Waals surface area contributed by atoms with Crippen LogP contribution in [0.25, 0.3) is 0 Å². The van der Waals surface area contributed by atoms with Crippen molar-refractivity contribution in [3.05, 3.63) is 35.8 Å². The van der Waals surface area contributed by atoms with E-state index in [1.165, 1.54) is 12.5 Å². The van der Waals surface area contributed by atoms with Crippen molar-refractivity contribution in [2.45, 2.75) is 118 Å². The molecule has 2 N–H and O–H groups in total. The predicted octanol–water partition coefficient (Wildman–Crippen LogP) is 5.12. The number of carbonyl (C=O) groups excluding carboxylic acids is 3. The van der Waals surface area contributed by atoms with Crippen molar-refractivity contribution >= 4 is 17.7 Å². The monoisotopic (exact) mass is 626 g/mol. The minimum Gasteiger partial charge on any atom is -0.472 e. The van der Waals surface area contributed by atoms with Crippen LogP contribution in [0.2, 0.25) is 0 Å². The van der Waals surface area contributed by atoms with E-state index in [1.54, 1.807) is 12.1 Å². The maximum atomic E-state index is 13.9. The number of fused-ring (bicyclic) bond motifs is 4. The average molecular weight is 627 g/mol. The lowest BCUT2D eigenvalue weighted by Crippen LogP contribution is -2.73. The molecular weight excluding hydrogens is 576 g/mol. The van der Waals surface area contributed by atoms with Crippen LogP contribution >= 0.6 is 0 Å². The lowest BCUT2D eigenvalue weighted by Gasteiger charge is -2.69. The Kier molecular flexibility index (Phi) is 7.58. The molecule has 0 spiro atoms. The molecule has 1 aromatic heterocycles. The number of esters is 2. The van der Waals surface area contributed by atoms with Crippen molar-refractivity contribution in [1.82, 2.24) is 0 Å². The molecule has 1 saturated heterocycles. The van der Waals surface area contributed by atoms with E-state index in [1.807, 2.05) is 41.5 Å². The summed E-state index contributed by atoms with van der Waals surface area (Å²) in [5.41, 5.74) is -4.08. The number of rotatable bonds is 7. The van der Waals surface area contributed by atoms with E-state index < -0.39 is 57.5 Å². The second-order valence-electron chi connectivity index (χ2n) is 15.6. The van der Waals surface area contributed by atoms with E-state index >= 15 is 0 Å². The molecule has 6 rings (SSSR count). The summed E-state index contributed by atoms with van der Waals surface area (Å²) in [7, 11) is 0. The molecule has 5 aliphatic rings. The van der Waals surface area contributed by atoms with E-state index in [0.29, 0.717) is 31.2 Å². The molecule has 1 aromatic rings. The minimum atomic E-state index is -1.85. The van der Waals surface area contributed by atoms with E-state index in [-0.39, 0.29) is 48.6 Å². The van der Waals surface area contributed by atoms with Crippen molar-refractivity contribution in [1.29, 1.82) is 0 Å². The molecule has 0 radical (unpaired) electrons. The minimum absolute atomic E-state index is 0.234. The van der Waals surface area contributed by atoms with Gasteiger partial charge >= 0.3 is 11.9 Å². The Hall–Kier alpha value is -2.49. The standard InChI is InChI=1S/C36H50O9/c1-9-19(3)30(39)44-26-16-24(37)35(8)22-11-13-33(6)23(15-25(38)36(33,41)21-12-14-42-17-21)34(22,7)29(45-31(40)20(4)10-2)27-28(35)32(26,5)18-43-27/h12,14-15,17,19-20,22,24,26-29,37,41H,9-11,13,16,18H2,1-8H3/t19-,20-,22+,24+,26-,27-,28+,29-,32-,33-,34-,35+,36+/m1/s1. The Morgan fingerprint density at radius 1 is 1.07 bits per heavy atom. The second kappa shape index (κ2) is 10.5. The molecule has 4 fully saturated rings. The average Bonchev–Trinajstić information content (AvgIpc) is 3.72. The highest BCUT2D eigenvalue weighted by Crippen LogP contribution is 2.75. The Bertz CT molecular complexity index is 1400. The van der Waals surface area contributed by atoms with Crippen LogP contribution in [-0.4, -0.2) is 59.0 Å². The molecule has 3 saturated carbocycles. The first-order valence-corrected chi connectivity index (χ1v) is 16.8. The summed E-state index contributed by atoms with van der Waals surface area (Å²) in [6.45, 7) is 16.0. The second-order valence-corrected chi connectivity index (χ2v) is 15.6. The molecule has 0 bridgehead atoms. The molecule has 1 aliphatic heterocycles. The first kappa shape index (κ1) is 32.5. The Labute approximate surface area is 266 Å². The number of aliphatic hydroxyl groups is 2. The first-order valence-electron chi connectivity index (χ1n) is 16.8. The van der Waals surface area contributed by atoms with Gasteiger partial charge in [0, 0.05) is 39.6 Å². The Morgan fingerprint density at radius 3 is 2.31 bits per heavy atom. The first-order chi connectivity index (χ1) is 21.1. The highest BCUT2D eigenvalue weighted by Gasteiger charge is 2.79. The van der Waals surface area contributed by atoms with Gasteiger partial charge in [-0.05, 0) is 49.3 Å². The van der Waals surface area contributed by atoms with E-state index in [2.05, 4.69) is 13.8 Å². The maximum Gasteiger partial charge on any atom is 0.309 e. The van der Waals surface area contributed by atoms with E-state index in [9.17, 15) is 24.6 Å². The van der Waals surface area contributed by atoms with Gasteiger partial charge in [0.1, 0.15) is 12.2 Å². The number of hydrogen-bond donors (Lipinski definition) is 2. The molecule has 2 heterocycles. The summed E-state index contributed by atoms with van der Waals surface area (Å²) < 4.78 is 24.7. The van der Waals surface area contributed by atoms with Crippen molar-refractivity contribution in [3.8, 4) is 0 Å². The summed E-state index contributed by atoms with van der Waals surface area (Å²) in [6.07, 6.45) is 4.14. The number of hydrogen-bond acceptors (Lipinski definition) is 9. The zero-order chi connectivity index (χ0) is 32.9. The molecule has 248 valence electrons. The third kappa shape index (κ3) is 3.99. The van der Waals surface area contributed by atoms with Gasteiger partial charge in [0.2, 0.25) is 0 Å². The van der Waals surface area contributed by atoms with Gasteiger partial charge in [-0.2, -0.15) is 0 Å². The Morgan fingerprint density at radius 2 is 1.71 bits per heavy atom. The highest BCUT2D eigenvalue weighted by molar-refractivity contribution is 6.03. The summed E-state index contributed by atoms with van der Waals surface area (Å²) >= 11 is 0. The number of ketones is 1. The fourth-order valence-electron chi connectivity index (χ4n) is 10.5. The third-order valence-electron chi connectivity index (χ3n) is 13.6. The summed E-state index contributed by atoms with van der Waals surface area (Å²) in [5, 5.41) is 24.5. The zero-order valence-corrected chi connectivity index (χ0v) is 27.9. The van der Waals surface area contributed by atoms with Gasteiger partial charge in [0.15, 0.2) is 11.4 Å². The molecule has 0 aromatic carbocycles. The smallest absolute Gasteiger partial charge is 0.309 e. The SMILES string of the molecule is CC[C@@H](C)C(=O)O[C@@H]1[C@@H]2OC[C@]3(C)[C@H](OC(=O)[C@H](C)CC)C[C@H](O)[C@@](C)([C@@H]23)[C@H]2CC[C@]3(C)C(=CC(=O)[C@@]3(O)c3ccoc3)[C@]12C. The quantitative estimate of drug-likeness (QED) is 0.396.